The average molecular weight is 379 g/mol. The molecule has 1 fully saturated rings. The third-order valence-corrected chi connectivity index (χ3v) is 4.29. The third kappa shape index (κ3) is 5.85. The Bertz CT molecular complexity index is 661. The van der Waals surface area contributed by atoms with E-state index >= 15 is 0 Å². The summed E-state index contributed by atoms with van der Waals surface area (Å²) < 4.78 is 21.6. The van der Waals surface area contributed by atoms with E-state index < -0.39 is 17.7 Å². The van der Waals surface area contributed by atoms with Crippen molar-refractivity contribution < 1.29 is 28.5 Å². The highest BCUT2D eigenvalue weighted by molar-refractivity contribution is 5.92. The largest absolute Gasteiger partial charge is 0.496 e. The van der Waals surface area contributed by atoms with Crippen molar-refractivity contribution in [2.45, 2.75) is 45.3 Å². The lowest BCUT2D eigenvalue weighted by atomic mass is 9.92. The van der Waals surface area contributed by atoms with Crippen molar-refractivity contribution in [1.29, 1.82) is 0 Å². The molecule has 7 nitrogen and oxygen atoms in total. The molecule has 1 heterocycles. The molecule has 2 rings (SSSR count). The Balaban J connectivity index is 2.25. The van der Waals surface area contributed by atoms with Gasteiger partial charge in [0.05, 0.1) is 14.2 Å². The van der Waals surface area contributed by atoms with Gasteiger partial charge in [-0.05, 0) is 58.8 Å². The van der Waals surface area contributed by atoms with Crippen LogP contribution in [-0.2, 0) is 14.3 Å². The van der Waals surface area contributed by atoms with Crippen molar-refractivity contribution in [2.24, 2.45) is 5.92 Å². The zero-order valence-electron chi connectivity index (χ0n) is 16.7. The van der Waals surface area contributed by atoms with E-state index in [1.807, 2.05) is 20.8 Å². The molecule has 1 unspecified atom stereocenters. The zero-order chi connectivity index (χ0) is 20.0. The minimum Gasteiger partial charge on any atom is -0.496 e. The smallest absolute Gasteiger partial charge is 0.348 e. The van der Waals surface area contributed by atoms with E-state index in [-0.39, 0.29) is 11.9 Å². The Hall–Kier alpha value is -2.28. The Kier molecular flexibility index (Phi) is 7.07. The Morgan fingerprint density at radius 3 is 2.37 bits per heavy atom. The number of ether oxygens (including phenoxy) is 4. The first-order valence-corrected chi connectivity index (χ1v) is 9.11. The van der Waals surface area contributed by atoms with Crippen LogP contribution in [0, 0.1) is 5.92 Å². The average Bonchev–Trinajstić information content (AvgIpc) is 2.64. The summed E-state index contributed by atoms with van der Waals surface area (Å²) in [6, 6.07) is 4.78. The Morgan fingerprint density at radius 2 is 1.81 bits per heavy atom. The van der Waals surface area contributed by atoms with E-state index in [9.17, 15) is 9.59 Å². The molecule has 1 aromatic carbocycles. The minimum atomic E-state index is -0.722. The van der Waals surface area contributed by atoms with Crippen molar-refractivity contribution in [1.82, 2.24) is 5.32 Å². The molecular formula is C20H29NO6. The number of methoxy groups -OCH3 is 2. The molecule has 1 aliphatic heterocycles. The van der Waals surface area contributed by atoms with Crippen LogP contribution < -0.4 is 14.8 Å². The molecule has 0 aromatic heterocycles. The van der Waals surface area contributed by atoms with Gasteiger partial charge in [-0.15, -0.1) is 0 Å². The van der Waals surface area contributed by atoms with Gasteiger partial charge in [0.2, 0.25) is 0 Å². The summed E-state index contributed by atoms with van der Waals surface area (Å²) in [6.45, 7) is 7.16. The molecule has 1 atom stereocenters. The molecular weight excluding hydrogens is 350 g/mol. The molecule has 0 radical (unpaired) electrons. The molecule has 0 spiro atoms. The van der Waals surface area contributed by atoms with E-state index in [1.54, 1.807) is 18.2 Å². The van der Waals surface area contributed by atoms with Crippen molar-refractivity contribution in [3.8, 4) is 11.5 Å². The first kappa shape index (κ1) is 21.0. The SMILES string of the molecule is COC(=O)c1ccc(OC(C(=O)OC(C)(C)C)C2CCNCC2)cc1OC. The summed E-state index contributed by atoms with van der Waals surface area (Å²) >= 11 is 0. The highest BCUT2D eigenvalue weighted by Gasteiger charge is 2.35. The van der Waals surface area contributed by atoms with Crippen LogP contribution in [0.4, 0.5) is 0 Å². The number of hydrogen-bond acceptors (Lipinski definition) is 7. The Morgan fingerprint density at radius 1 is 1.15 bits per heavy atom. The molecule has 0 bridgehead atoms. The summed E-state index contributed by atoms with van der Waals surface area (Å²) in [5.41, 5.74) is -0.305. The Labute approximate surface area is 160 Å². The molecule has 1 aromatic rings. The summed E-state index contributed by atoms with van der Waals surface area (Å²) in [4.78, 5) is 24.6. The van der Waals surface area contributed by atoms with Crippen molar-refractivity contribution in [2.75, 3.05) is 27.3 Å². The first-order chi connectivity index (χ1) is 12.7. The van der Waals surface area contributed by atoms with E-state index in [0.29, 0.717) is 17.1 Å². The molecule has 7 heteroatoms. The third-order valence-electron chi connectivity index (χ3n) is 4.29. The predicted molar refractivity (Wildman–Crippen MR) is 100 cm³/mol. The van der Waals surface area contributed by atoms with Gasteiger partial charge in [-0.1, -0.05) is 0 Å². The van der Waals surface area contributed by atoms with Crippen molar-refractivity contribution >= 4 is 11.9 Å². The van der Waals surface area contributed by atoms with E-state index in [1.165, 1.54) is 14.2 Å². The first-order valence-electron chi connectivity index (χ1n) is 9.11. The van der Waals surface area contributed by atoms with Gasteiger partial charge in [0, 0.05) is 12.0 Å². The molecule has 0 saturated carbocycles. The van der Waals surface area contributed by atoms with E-state index in [4.69, 9.17) is 18.9 Å². The van der Waals surface area contributed by atoms with Crippen molar-refractivity contribution in [3.05, 3.63) is 23.8 Å². The molecule has 150 valence electrons. The van der Waals surface area contributed by atoms with Gasteiger partial charge < -0.3 is 24.3 Å². The number of piperidine rings is 1. The maximum Gasteiger partial charge on any atom is 0.348 e. The zero-order valence-corrected chi connectivity index (χ0v) is 16.7. The fourth-order valence-corrected chi connectivity index (χ4v) is 3.01. The van der Waals surface area contributed by atoms with Gasteiger partial charge in [0.1, 0.15) is 22.7 Å². The summed E-state index contributed by atoms with van der Waals surface area (Å²) in [7, 11) is 2.77. The number of nitrogens with one attached hydrogen (secondary N) is 1. The molecule has 27 heavy (non-hydrogen) atoms. The van der Waals surface area contributed by atoms with Gasteiger partial charge in [0.25, 0.3) is 0 Å². The van der Waals surface area contributed by atoms with E-state index in [2.05, 4.69) is 5.32 Å². The van der Waals surface area contributed by atoms with Gasteiger partial charge in [-0.2, -0.15) is 0 Å². The lowest BCUT2D eigenvalue weighted by Crippen LogP contribution is -2.44. The number of carbonyl (C=O) groups is 2. The van der Waals surface area contributed by atoms with Crippen LogP contribution in [0.15, 0.2) is 18.2 Å². The fraction of sp³-hybridized carbons (Fsp3) is 0.600. The number of carbonyl (C=O) groups excluding carboxylic acids is 2. The standard InChI is InChI=1S/C20H29NO6/c1-20(2,3)27-19(23)17(13-8-10-21-11-9-13)26-14-6-7-15(18(22)25-5)16(12-14)24-4/h6-7,12-13,17,21H,8-11H2,1-5H3. The lowest BCUT2D eigenvalue weighted by Gasteiger charge is -2.32. The monoisotopic (exact) mass is 379 g/mol. The quantitative estimate of drug-likeness (QED) is 0.761. The summed E-state index contributed by atoms with van der Waals surface area (Å²) in [6.07, 6.45) is 0.919. The fourth-order valence-electron chi connectivity index (χ4n) is 3.01. The second-order valence-electron chi connectivity index (χ2n) is 7.51. The van der Waals surface area contributed by atoms with Crippen molar-refractivity contribution in [3.63, 3.8) is 0 Å². The molecule has 0 amide bonds. The van der Waals surface area contributed by atoms with Gasteiger partial charge in [-0.25, -0.2) is 9.59 Å². The summed E-state index contributed by atoms with van der Waals surface area (Å²) in [5, 5.41) is 3.29. The van der Waals surface area contributed by atoms with Crippen LogP contribution >= 0.6 is 0 Å². The maximum atomic E-state index is 12.8. The summed E-state index contributed by atoms with van der Waals surface area (Å²) in [5.74, 6) is -0.0697. The molecule has 0 aliphatic carbocycles. The van der Waals surface area contributed by atoms with Crippen LogP contribution in [0.2, 0.25) is 0 Å². The van der Waals surface area contributed by atoms with Crippen LogP contribution in [0.25, 0.3) is 0 Å². The topological polar surface area (TPSA) is 83.1 Å². The van der Waals surface area contributed by atoms with Crippen LogP contribution in [0.3, 0.4) is 0 Å². The van der Waals surface area contributed by atoms with Crippen LogP contribution in [0.1, 0.15) is 44.0 Å². The highest BCUT2D eigenvalue weighted by Crippen LogP contribution is 2.29. The van der Waals surface area contributed by atoms with E-state index in [0.717, 1.165) is 25.9 Å². The number of esters is 2. The second-order valence-corrected chi connectivity index (χ2v) is 7.51. The minimum absolute atomic E-state index is 0.0485. The predicted octanol–water partition coefficient (Wildman–Crippen LogP) is 2.57. The van der Waals surface area contributed by atoms with Crippen LogP contribution in [-0.4, -0.2) is 51.0 Å². The number of hydrogen-bond donors (Lipinski definition) is 1. The number of rotatable bonds is 6. The normalized spacial score (nSPS) is 16.3. The second kappa shape index (κ2) is 9.08. The van der Waals surface area contributed by atoms with Gasteiger partial charge in [0.15, 0.2) is 6.10 Å². The molecule has 1 saturated heterocycles. The maximum absolute atomic E-state index is 12.8. The van der Waals surface area contributed by atoms with Crippen LogP contribution in [0.5, 0.6) is 11.5 Å². The molecule has 1 N–H and O–H groups in total. The molecule has 1 aliphatic rings. The highest BCUT2D eigenvalue weighted by atomic mass is 16.6. The van der Waals surface area contributed by atoms with Gasteiger partial charge in [-0.3, -0.25) is 0 Å². The van der Waals surface area contributed by atoms with Gasteiger partial charge >= 0.3 is 11.9 Å². The number of benzene rings is 1. The lowest BCUT2D eigenvalue weighted by molar-refractivity contribution is -0.166.